The standard InChI is InChI=1S/C19H17BrN4O2/c20-15-4-2-14(3-5-15)12-18(25)21-13-19(26)23-16-6-8-17(9-7-16)24-11-1-10-22-24/h1-11H,12-13H2,(H,21,25)(H,23,26). The highest BCUT2D eigenvalue weighted by molar-refractivity contribution is 9.10. The van der Waals surface area contributed by atoms with Gasteiger partial charge in [-0.25, -0.2) is 4.68 Å². The van der Waals surface area contributed by atoms with E-state index in [1.165, 1.54) is 0 Å². The van der Waals surface area contributed by atoms with Gasteiger partial charge in [-0.15, -0.1) is 0 Å². The van der Waals surface area contributed by atoms with Crippen molar-refractivity contribution in [1.82, 2.24) is 15.1 Å². The molecule has 1 heterocycles. The number of aromatic nitrogens is 2. The first-order chi connectivity index (χ1) is 12.6. The number of amides is 2. The maximum Gasteiger partial charge on any atom is 0.243 e. The SMILES string of the molecule is O=C(Cc1ccc(Br)cc1)NCC(=O)Nc1ccc(-n2cccn2)cc1. The summed E-state index contributed by atoms with van der Waals surface area (Å²) < 4.78 is 2.69. The van der Waals surface area contributed by atoms with Gasteiger partial charge in [-0.05, 0) is 48.0 Å². The van der Waals surface area contributed by atoms with E-state index in [1.807, 2.05) is 48.7 Å². The number of halogens is 1. The van der Waals surface area contributed by atoms with Crippen molar-refractivity contribution in [2.24, 2.45) is 0 Å². The van der Waals surface area contributed by atoms with E-state index in [-0.39, 0.29) is 24.8 Å². The van der Waals surface area contributed by atoms with Crippen molar-refractivity contribution in [3.8, 4) is 5.69 Å². The van der Waals surface area contributed by atoms with Gasteiger partial charge in [-0.3, -0.25) is 9.59 Å². The first-order valence-corrected chi connectivity index (χ1v) is 8.80. The number of benzene rings is 2. The van der Waals surface area contributed by atoms with Crippen LogP contribution in [-0.4, -0.2) is 28.1 Å². The summed E-state index contributed by atoms with van der Waals surface area (Å²) in [6.45, 7) is -0.0731. The summed E-state index contributed by atoms with van der Waals surface area (Å²) in [6, 6.07) is 16.6. The van der Waals surface area contributed by atoms with E-state index >= 15 is 0 Å². The van der Waals surface area contributed by atoms with Crippen LogP contribution in [0.3, 0.4) is 0 Å². The van der Waals surface area contributed by atoms with Crippen LogP contribution in [0, 0.1) is 0 Å². The average Bonchev–Trinajstić information content (AvgIpc) is 3.17. The van der Waals surface area contributed by atoms with Crippen LogP contribution in [0.15, 0.2) is 71.5 Å². The molecular formula is C19H17BrN4O2. The van der Waals surface area contributed by atoms with Crippen molar-refractivity contribution in [3.63, 3.8) is 0 Å². The minimum atomic E-state index is -0.277. The Labute approximate surface area is 159 Å². The lowest BCUT2D eigenvalue weighted by molar-refractivity contribution is -0.123. The number of anilines is 1. The van der Waals surface area contributed by atoms with Gasteiger partial charge in [-0.1, -0.05) is 28.1 Å². The Morgan fingerprint density at radius 3 is 2.38 bits per heavy atom. The third-order valence-electron chi connectivity index (χ3n) is 3.64. The molecule has 0 fully saturated rings. The molecule has 3 rings (SSSR count). The zero-order chi connectivity index (χ0) is 18.4. The molecule has 0 saturated heterocycles. The molecule has 0 saturated carbocycles. The quantitative estimate of drug-likeness (QED) is 0.653. The number of carbonyl (C=O) groups is 2. The summed E-state index contributed by atoms with van der Waals surface area (Å²) in [6.07, 6.45) is 3.78. The largest absolute Gasteiger partial charge is 0.347 e. The van der Waals surface area contributed by atoms with Crippen LogP contribution < -0.4 is 10.6 Å². The topological polar surface area (TPSA) is 76.0 Å². The molecule has 0 aliphatic carbocycles. The van der Waals surface area contributed by atoms with Crippen molar-refractivity contribution in [2.45, 2.75) is 6.42 Å². The second-order valence-electron chi connectivity index (χ2n) is 5.63. The van der Waals surface area contributed by atoms with Gasteiger partial charge in [0, 0.05) is 22.6 Å². The van der Waals surface area contributed by atoms with Crippen LogP contribution in [0.25, 0.3) is 5.69 Å². The Morgan fingerprint density at radius 2 is 1.73 bits per heavy atom. The summed E-state index contributed by atoms with van der Waals surface area (Å²) in [5, 5.41) is 9.52. The molecule has 0 spiro atoms. The molecule has 0 unspecified atom stereocenters. The van der Waals surface area contributed by atoms with Gasteiger partial charge in [0.25, 0.3) is 0 Å². The molecular weight excluding hydrogens is 396 g/mol. The van der Waals surface area contributed by atoms with Crippen LogP contribution in [0.1, 0.15) is 5.56 Å². The van der Waals surface area contributed by atoms with Crippen LogP contribution in [0.4, 0.5) is 5.69 Å². The maximum absolute atomic E-state index is 12.0. The minimum absolute atomic E-state index is 0.0731. The summed E-state index contributed by atoms with van der Waals surface area (Å²) >= 11 is 3.35. The monoisotopic (exact) mass is 412 g/mol. The summed E-state index contributed by atoms with van der Waals surface area (Å²) in [5.74, 6) is -0.475. The Kier molecular flexibility index (Phi) is 5.80. The number of nitrogens with zero attached hydrogens (tertiary/aromatic N) is 2. The Hall–Kier alpha value is -2.93. The molecule has 1 aromatic heterocycles. The van der Waals surface area contributed by atoms with Gasteiger partial charge in [0.05, 0.1) is 18.7 Å². The van der Waals surface area contributed by atoms with Crippen LogP contribution >= 0.6 is 15.9 Å². The fourth-order valence-corrected chi connectivity index (χ4v) is 2.62. The van der Waals surface area contributed by atoms with E-state index in [2.05, 4.69) is 31.7 Å². The van der Waals surface area contributed by atoms with Crippen molar-refractivity contribution in [2.75, 3.05) is 11.9 Å². The summed E-state index contributed by atoms with van der Waals surface area (Å²) in [4.78, 5) is 23.9. The molecule has 7 heteroatoms. The smallest absolute Gasteiger partial charge is 0.243 e. The zero-order valence-corrected chi connectivity index (χ0v) is 15.4. The van der Waals surface area contributed by atoms with Gasteiger partial charge >= 0.3 is 0 Å². The van der Waals surface area contributed by atoms with Crippen molar-refractivity contribution >= 4 is 33.4 Å². The predicted molar refractivity (Wildman–Crippen MR) is 103 cm³/mol. The van der Waals surface area contributed by atoms with Crippen LogP contribution in [0.2, 0.25) is 0 Å². The number of carbonyl (C=O) groups excluding carboxylic acids is 2. The highest BCUT2D eigenvalue weighted by Crippen LogP contribution is 2.12. The Morgan fingerprint density at radius 1 is 1.00 bits per heavy atom. The molecule has 2 amide bonds. The number of nitrogens with one attached hydrogen (secondary N) is 2. The van der Waals surface area contributed by atoms with E-state index in [1.54, 1.807) is 23.0 Å². The lowest BCUT2D eigenvalue weighted by Crippen LogP contribution is -2.33. The summed E-state index contributed by atoms with van der Waals surface area (Å²) in [5.41, 5.74) is 2.45. The van der Waals surface area contributed by atoms with E-state index in [0.717, 1.165) is 15.7 Å². The molecule has 0 atom stereocenters. The highest BCUT2D eigenvalue weighted by atomic mass is 79.9. The van der Waals surface area contributed by atoms with E-state index < -0.39 is 0 Å². The molecule has 2 aromatic carbocycles. The fraction of sp³-hybridized carbons (Fsp3) is 0.105. The van der Waals surface area contributed by atoms with Gasteiger partial charge in [0.1, 0.15) is 0 Å². The predicted octanol–water partition coefficient (Wildman–Crippen LogP) is 2.93. The molecule has 0 radical (unpaired) electrons. The van der Waals surface area contributed by atoms with Gasteiger partial charge in [-0.2, -0.15) is 5.10 Å². The Bertz CT molecular complexity index is 875. The lowest BCUT2D eigenvalue weighted by Gasteiger charge is -2.08. The third-order valence-corrected chi connectivity index (χ3v) is 4.17. The zero-order valence-electron chi connectivity index (χ0n) is 13.9. The number of hydrogen-bond donors (Lipinski definition) is 2. The normalized spacial score (nSPS) is 10.3. The average molecular weight is 413 g/mol. The number of rotatable bonds is 6. The summed E-state index contributed by atoms with van der Waals surface area (Å²) in [7, 11) is 0. The molecule has 26 heavy (non-hydrogen) atoms. The van der Waals surface area contributed by atoms with Gasteiger partial charge in [0.15, 0.2) is 0 Å². The molecule has 132 valence electrons. The molecule has 0 bridgehead atoms. The van der Waals surface area contributed by atoms with E-state index in [0.29, 0.717) is 5.69 Å². The van der Waals surface area contributed by atoms with Crippen molar-refractivity contribution in [1.29, 1.82) is 0 Å². The molecule has 2 N–H and O–H groups in total. The highest BCUT2D eigenvalue weighted by Gasteiger charge is 2.07. The molecule has 0 aliphatic heterocycles. The first kappa shape index (κ1) is 17.9. The van der Waals surface area contributed by atoms with Gasteiger partial charge in [0.2, 0.25) is 11.8 Å². The Balaban J connectivity index is 1.46. The molecule has 3 aromatic rings. The number of hydrogen-bond acceptors (Lipinski definition) is 3. The maximum atomic E-state index is 12.0. The second-order valence-corrected chi connectivity index (χ2v) is 6.54. The van der Waals surface area contributed by atoms with Crippen molar-refractivity contribution < 1.29 is 9.59 Å². The fourth-order valence-electron chi connectivity index (χ4n) is 2.35. The van der Waals surface area contributed by atoms with Crippen molar-refractivity contribution in [3.05, 3.63) is 77.0 Å². The van der Waals surface area contributed by atoms with Crippen LogP contribution in [-0.2, 0) is 16.0 Å². The van der Waals surface area contributed by atoms with E-state index in [4.69, 9.17) is 0 Å². The third kappa shape index (κ3) is 5.03. The second kappa shape index (κ2) is 8.44. The lowest BCUT2D eigenvalue weighted by atomic mass is 10.1. The van der Waals surface area contributed by atoms with E-state index in [9.17, 15) is 9.59 Å². The van der Waals surface area contributed by atoms with Gasteiger partial charge < -0.3 is 10.6 Å². The van der Waals surface area contributed by atoms with Crippen LogP contribution in [0.5, 0.6) is 0 Å². The first-order valence-electron chi connectivity index (χ1n) is 8.01. The minimum Gasteiger partial charge on any atom is -0.347 e. The molecule has 0 aliphatic rings. The molecule has 6 nitrogen and oxygen atoms in total.